The minimum Gasteiger partial charge on any atom is -0.394 e. The maximum atomic E-state index is 13.0. The molecule has 5 heterocycles. The lowest BCUT2D eigenvalue weighted by molar-refractivity contribution is -0.390. The summed E-state index contributed by atoms with van der Waals surface area (Å²) in [6.45, 7) is 8.97. The van der Waals surface area contributed by atoms with Gasteiger partial charge in [-0.2, -0.15) is 0 Å². The van der Waals surface area contributed by atoms with Crippen molar-refractivity contribution in [2.45, 2.75) is 202 Å². The van der Waals surface area contributed by atoms with Crippen molar-refractivity contribution in [3.05, 3.63) is 0 Å². The number of fused-ring (bicyclic) bond motifs is 7. The molecule has 5 saturated heterocycles. The highest BCUT2D eigenvalue weighted by Crippen LogP contribution is 2.71. The molecule has 19 heteroatoms. The van der Waals surface area contributed by atoms with Crippen LogP contribution in [0.1, 0.15) is 86.0 Å². The van der Waals surface area contributed by atoms with Gasteiger partial charge in [0.25, 0.3) is 0 Å². The molecule has 0 amide bonds. The molecule has 64 heavy (non-hydrogen) atoms. The molecule has 0 aromatic rings. The molecule has 9 aliphatic rings. The second kappa shape index (κ2) is 17.7. The van der Waals surface area contributed by atoms with Crippen LogP contribution < -0.4 is 0 Å². The lowest BCUT2D eigenvalue weighted by atomic mass is 9.44. The van der Waals surface area contributed by atoms with Gasteiger partial charge in [-0.15, -0.1) is 0 Å². The highest BCUT2D eigenvalue weighted by Gasteiger charge is 2.72. The van der Waals surface area contributed by atoms with Crippen LogP contribution in [0, 0.1) is 52.3 Å². The van der Waals surface area contributed by atoms with Crippen LogP contribution in [0.5, 0.6) is 0 Å². The molecular weight excluding hydrogens is 844 g/mol. The summed E-state index contributed by atoms with van der Waals surface area (Å²) in [5.74, 6) is -0.213. The molecule has 4 saturated carbocycles. The lowest BCUT2D eigenvalue weighted by Crippen LogP contribution is -2.67. The molecule has 9 fully saturated rings. The Morgan fingerprint density at radius 2 is 1.28 bits per heavy atom. The van der Waals surface area contributed by atoms with Gasteiger partial charge in [0.1, 0.15) is 67.1 Å². The van der Waals surface area contributed by atoms with Crippen LogP contribution >= 0.6 is 0 Å². The number of ketones is 1. The maximum Gasteiger partial charge on any atom is 0.205 e. The number of carbonyl (C=O) groups excluding carboxylic acids is 1. The number of Topliss-reactive ketones (excluding diaryl/α,β-unsaturated/α-hetero) is 1. The van der Waals surface area contributed by atoms with Gasteiger partial charge in [0.15, 0.2) is 30.8 Å². The van der Waals surface area contributed by atoms with E-state index in [1.807, 2.05) is 0 Å². The Morgan fingerprint density at radius 3 is 1.98 bits per heavy atom. The van der Waals surface area contributed by atoms with Crippen molar-refractivity contribution in [2.75, 3.05) is 19.8 Å². The third-order valence-corrected chi connectivity index (χ3v) is 18.3. The minimum atomic E-state index is -1.83. The van der Waals surface area contributed by atoms with E-state index < -0.39 is 117 Å². The zero-order valence-corrected chi connectivity index (χ0v) is 37.4. The second-order valence-electron chi connectivity index (χ2n) is 21.5. The smallest absolute Gasteiger partial charge is 0.205 e. The van der Waals surface area contributed by atoms with Crippen LogP contribution in [-0.4, -0.2) is 193 Å². The molecule has 9 rings (SSSR count). The fourth-order valence-corrected chi connectivity index (χ4v) is 14.6. The van der Waals surface area contributed by atoms with Crippen LogP contribution in [0.15, 0.2) is 0 Å². The summed E-state index contributed by atoms with van der Waals surface area (Å²) in [6, 6.07) is 0. The first-order valence-electron chi connectivity index (χ1n) is 23.7. The first-order chi connectivity index (χ1) is 30.3. The summed E-state index contributed by atoms with van der Waals surface area (Å²) in [5, 5.41) is 107. The summed E-state index contributed by atoms with van der Waals surface area (Å²) in [6.07, 6.45) is -17.8. The molecule has 28 atom stereocenters. The van der Waals surface area contributed by atoms with Gasteiger partial charge in [-0.1, -0.05) is 27.7 Å². The number of hydrogen-bond acceptors (Lipinski definition) is 19. The average Bonchev–Trinajstić information content (AvgIpc) is 3.74. The van der Waals surface area contributed by atoms with Crippen molar-refractivity contribution < 1.29 is 93.8 Å². The molecule has 0 unspecified atom stereocenters. The Hall–Kier alpha value is -1.05. The number of aliphatic hydroxyl groups excluding tert-OH is 10. The quantitative estimate of drug-likeness (QED) is 0.123. The molecule has 0 bridgehead atoms. The Kier molecular flexibility index (Phi) is 13.3. The molecule has 10 N–H and O–H groups in total. The van der Waals surface area contributed by atoms with E-state index in [-0.39, 0.29) is 53.2 Å². The summed E-state index contributed by atoms with van der Waals surface area (Å²) < 4.78 is 49.3. The largest absolute Gasteiger partial charge is 0.394 e. The van der Waals surface area contributed by atoms with Crippen molar-refractivity contribution in [2.24, 2.45) is 52.3 Å². The van der Waals surface area contributed by atoms with Crippen molar-refractivity contribution in [1.29, 1.82) is 0 Å². The zero-order chi connectivity index (χ0) is 45.9. The van der Waals surface area contributed by atoms with Gasteiger partial charge in [-0.05, 0) is 98.7 Å². The van der Waals surface area contributed by atoms with E-state index in [2.05, 4.69) is 20.8 Å². The Morgan fingerprint density at radius 1 is 0.641 bits per heavy atom. The third-order valence-electron chi connectivity index (χ3n) is 18.3. The van der Waals surface area contributed by atoms with E-state index >= 15 is 0 Å². The highest BCUT2D eigenvalue weighted by molar-refractivity contribution is 5.86. The van der Waals surface area contributed by atoms with Gasteiger partial charge in [-0.25, -0.2) is 0 Å². The first kappa shape index (κ1) is 48.0. The molecule has 366 valence electrons. The van der Waals surface area contributed by atoms with Crippen LogP contribution in [0.2, 0.25) is 0 Å². The van der Waals surface area contributed by atoms with Crippen LogP contribution in [0.25, 0.3) is 0 Å². The molecule has 5 aliphatic heterocycles. The summed E-state index contributed by atoms with van der Waals surface area (Å²) in [7, 11) is 0. The summed E-state index contributed by atoms with van der Waals surface area (Å²) in [5.41, 5.74) is -0.0223. The second-order valence-corrected chi connectivity index (χ2v) is 21.5. The van der Waals surface area contributed by atoms with Gasteiger partial charge in [0.2, 0.25) is 5.79 Å². The van der Waals surface area contributed by atoms with E-state index in [1.54, 1.807) is 6.92 Å². The molecule has 4 aliphatic carbocycles. The van der Waals surface area contributed by atoms with Crippen LogP contribution in [0.3, 0.4) is 0 Å². The molecule has 19 nitrogen and oxygen atoms in total. The monoisotopic (exact) mass is 916 g/mol. The number of rotatable bonds is 8. The van der Waals surface area contributed by atoms with E-state index in [0.29, 0.717) is 36.5 Å². The van der Waals surface area contributed by atoms with Crippen molar-refractivity contribution in [1.82, 2.24) is 0 Å². The number of aliphatic hydroxyl groups is 10. The molecule has 0 aromatic heterocycles. The number of carbonyl (C=O) groups is 1. The van der Waals surface area contributed by atoms with Gasteiger partial charge in [-0.3, -0.25) is 4.79 Å². The summed E-state index contributed by atoms with van der Waals surface area (Å²) >= 11 is 0. The Bertz CT molecular complexity index is 1670. The zero-order valence-electron chi connectivity index (χ0n) is 37.4. The lowest BCUT2D eigenvalue weighted by Gasteiger charge is -2.61. The predicted octanol–water partition coefficient (Wildman–Crippen LogP) is -1.56. The van der Waals surface area contributed by atoms with Crippen molar-refractivity contribution in [3.63, 3.8) is 0 Å². The molecule has 1 spiro atoms. The van der Waals surface area contributed by atoms with Crippen LogP contribution in [0.4, 0.5) is 0 Å². The van der Waals surface area contributed by atoms with Gasteiger partial charge < -0.3 is 89.0 Å². The third kappa shape index (κ3) is 7.50. The molecule has 0 radical (unpaired) electrons. The normalized spacial score (nSPS) is 58.7. The predicted molar refractivity (Wildman–Crippen MR) is 216 cm³/mol. The first-order valence-corrected chi connectivity index (χ1v) is 23.7. The Labute approximate surface area is 373 Å². The van der Waals surface area contributed by atoms with Crippen molar-refractivity contribution in [3.8, 4) is 0 Å². The number of hydrogen-bond donors (Lipinski definition) is 10. The van der Waals surface area contributed by atoms with Gasteiger partial charge >= 0.3 is 0 Å². The fraction of sp³-hybridized carbons (Fsp3) is 0.978. The molecule has 0 aromatic carbocycles. The van der Waals surface area contributed by atoms with E-state index in [1.165, 1.54) is 6.92 Å². The van der Waals surface area contributed by atoms with Crippen molar-refractivity contribution >= 4 is 5.78 Å². The fourth-order valence-electron chi connectivity index (χ4n) is 14.6. The summed E-state index contributed by atoms with van der Waals surface area (Å²) in [4.78, 5) is 13.0. The Balaban J connectivity index is 0.901. The van der Waals surface area contributed by atoms with Crippen LogP contribution in [-0.2, 0) is 42.7 Å². The van der Waals surface area contributed by atoms with E-state index in [4.69, 9.17) is 37.9 Å². The number of ether oxygens (including phenoxy) is 8. The topological polar surface area (TPSA) is 293 Å². The highest BCUT2D eigenvalue weighted by atomic mass is 16.8. The van der Waals surface area contributed by atoms with Gasteiger partial charge in [0, 0.05) is 11.8 Å². The maximum absolute atomic E-state index is 13.0. The minimum absolute atomic E-state index is 0.00863. The standard InChI is InChI=1S/C45H72O19/c1-17-16-57-45(39(56)29(17)48)18(2)28-25(64-45)13-24-22-7-6-20-12-21(8-10-43(20,4)23(22)9-11-44(24,28)5)59-42-38(63-40-34(53)32(51)30(49)19(3)58-40)36(55)37(27(15-47)61-42)62-41-35(54)33(52)31(50)26(14-46)60-41/h17-28,30-42,46-47,49-56H,6-16H2,1-5H3/t17-,18-,19-,20-,21-,22+,23-,24-,25-,26+,27+,28-,30-,31+,32+,33-,34+,35+,36-,37-,38+,39-,40-,41-,42+,43-,44-,45-/m0/s1. The van der Waals surface area contributed by atoms with Gasteiger partial charge in [0.05, 0.1) is 38.1 Å². The average molecular weight is 917 g/mol. The SMILES string of the molecule is C[C@@H]1O[C@@H](O[C@H]2[C@H](O[C@H]3CC[C@@]4(C)[C@@H](CC[C@@H]5[C@@H]4CC[C@]4(C)[C@@H]6[C@H](C[C@@H]54)O[C@@]4(OC[C@H](C)C(=O)[C@@H]4O)[C@H]6C)C3)O[C@H](CO)[C@H](O[C@@H]3O[C@H](CO)[C@@H](O)[C@H](O)[C@H]3O)[C@@H]2O)[C@H](O)[C@H](O)[C@H]1O. The molecular formula is C45H72O19. The van der Waals surface area contributed by atoms with E-state index in [0.717, 1.165) is 38.5 Å². The van der Waals surface area contributed by atoms with E-state index in [9.17, 15) is 55.9 Å².